The second-order valence-corrected chi connectivity index (χ2v) is 11.9. The van der Waals surface area contributed by atoms with E-state index in [1.165, 1.54) is 26.7 Å². The number of hydrogen-bond acceptors (Lipinski definition) is 6. The molecule has 3 aromatic rings. The molecule has 0 amide bonds. The Morgan fingerprint density at radius 1 is 1.22 bits per heavy atom. The number of rotatable bonds is 8. The van der Waals surface area contributed by atoms with Gasteiger partial charge in [-0.3, -0.25) is 9.69 Å². The summed E-state index contributed by atoms with van der Waals surface area (Å²) in [6.45, 7) is 7.75. The Kier molecular flexibility index (Phi) is 8.34. The van der Waals surface area contributed by atoms with Gasteiger partial charge in [0.2, 0.25) is 5.88 Å². The molecule has 0 saturated carbocycles. The fourth-order valence-electron chi connectivity index (χ4n) is 6.01. The fraction of sp³-hybridized carbons (Fsp3) is 0.455. The highest BCUT2D eigenvalue weighted by Gasteiger charge is 2.32. The van der Waals surface area contributed by atoms with Crippen molar-refractivity contribution >= 4 is 5.97 Å². The third kappa shape index (κ3) is 6.09. The molecule has 0 spiro atoms. The highest BCUT2D eigenvalue weighted by Crippen LogP contribution is 2.40. The van der Waals surface area contributed by atoms with Crippen LogP contribution in [0.5, 0.6) is 11.6 Å². The number of carbonyl (C=O) groups is 1. The molecule has 2 N–H and O–H groups in total. The summed E-state index contributed by atoms with van der Waals surface area (Å²) in [7, 11) is 1.52. The second-order valence-electron chi connectivity index (χ2n) is 11.9. The van der Waals surface area contributed by atoms with Crippen molar-refractivity contribution in [3.63, 3.8) is 0 Å². The predicted molar refractivity (Wildman–Crippen MR) is 154 cm³/mol. The molecule has 41 heavy (non-hydrogen) atoms. The van der Waals surface area contributed by atoms with Gasteiger partial charge in [0.05, 0.1) is 25.3 Å². The molecule has 7 nitrogen and oxygen atoms in total. The molecule has 2 aliphatic rings. The van der Waals surface area contributed by atoms with Crippen LogP contribution in [-0.4, -0.2) is 45.3 Å². The van der Waals surface area contributed by atoms with Gasteiger partial charge in [-0.1, -0.05) is 30.7 Å². The van der Waals surface area contributed by atoms with E-state index < -0.39 is 23.8 Å². The number of methoxy groups -OCH3 is 1. The van der Waals surface area contributed by atoms with Crippen molar-refractivity contribution < 1.29 is 28.9 Å². The minimum atomic E-state index is -1.13. The number of aryl methyl sites for hydroxylation is 1. The number of hydrogen-bond donors (Lipinski definition) is 2. The molecule has 1 unspecified atom stereocenters. The van der Waals surface area contributed by atoms with Crippen molar-refractivity contribution in [2.45, 2.75) is 77.2 Å². The molecule has 3 atom stereocenters. The lowest BCUT2D eigenvalue weighted by molar-refractivity contribution is -0.145. The number of aliphatic carboxylic acids is 1. The summed E-state index contributed by atoms with van der Waals surface area (Å²) >= 11 is 0. The number of aliphatic hydroxyl groups excluding tert-OH is 1. The Morgan fingerprint density at radius 3 is 2.76 bits per heavy atom. The number of aromatic nitrogens is 1. The van der Waals surface area contributed by atoms with Gasteiger partial charge in [-0.05, 0) is 92.9 Å². The van der Waals surface area contributed by atoms with Crippen molar-refractivity contribution in [3.05, 3.63) is 76.7 Å². The summed E-state index contributed by atoms with van der Waals surface area (Å²) in [6.07, 6.45) is 4.84. The highest BCUT2D eigenvalue weighted by molar-refractivity contribution is 5.70. The predicted octanol–water partition coefficient (Wildman–Crippen LogP) is 6.48. The molecular weight excluding hydrogens is 523 g/mol. The number of nitrogens with zero attached hydrogens (tertiary/aromatic N) is 2. The van der Waals surface area contributed by atoms with Crippen molar-refractivity contribution in [2.24, 2.45) is 5.92 Å². The number of fused-ring (bicyclic) bond motifs is 1. The third-order valence-electron chi connectivity index (χ3n) is 8.77. The lowest BCUT2D eigenvalue weighted by atomic mass is 9.87. The van der Waals surface area contributed by atoms with E-state index in [1.807, 2.05) is 18.2 Å². The first kappa shape index (κ1) is 29.0. The van der Waals surface area contributed by atoms with Crippen LogP contribution in [-0.2, 0) is 17.8 Å². The molecule has 1 saturated heterocycles. The third-order valence-corrected chi connectivity index (χ3v) is 8.77. The number of pyridine rings is 1. The van der Waals surface area contributed by atoms with Crippen LogP contribution < -0.4 is 9.47 Å². The minimum absolute atomic E-state index is 0.0442. The second kappa shape index (κ2) is 11.8. The van der Waals surface area contributed by atoms with Crippen molar-refractivity contribution in [1.82, 2.24) is 9.88 Å². The van der Waals surface area contributed by atoms with Crippen LogP contribution in [0.1, 0.15) is 80.9 Å². The monoisotopic (exact) mass is 562 g/mol. The molecule has 3 heterocycles. The number of carboxylic acid groups (broad SMARTS) is 1. The maximum absolute atomic E-state index is 14.9. The summed E-state index contributed by atoms with van der Waals surface area (Å²) in [4.78, 5) is 17.9. The van der Waals surface area contributed by atoms with Crippen molar-refractivity contribution in [3.8, 4) is 22.8 Å². The maximum atomic E-state index is 14.9. The van der Waals surface area contributed by atoms with Gasteiger partial charge in [-0.15, -0.1) is 0 Å². The van der Waals surface area contributed by atoms with E-state index in [0.29, 0.717) is 29.3 Å². The summed E-state index contributed by atoms with van der Waals surface area (Å²) < 4.78 is 26.7. The Bertz CT molecular complexity index is 1420. The molecule has 0 aliphatic carbocycles. The van der Waals surface area contributed by atoms with Gasteiger partial charge in [0.25, 0.3) is 0 Å². The van der Waals surface area contributed by atoms with Gasteiger partial charge >= 0.3 is 5.97 Å². The lowest BCUT2D eigenvalue weighted by Gasteiger charge is -2.43. The first-order chi connectivity index (χ1) is 19.6. The van der Waals surface area contributed by atoms with Crippen LogP contribution in [0.4, 0.5) is 4.39 Å². The molecule has 218 valence electrons. The van der Waals surface area contributed by atoms with Gasteiger partial charge in [0, 0.05) is 23.7 Å². The van der Waals surface area contributed by atoms with Crippen LogP contribution in [0, 0.1) is 11.7 Å². The number of likely N-dealkylation sites (tertiary alicyclic amines) is 1. The fourth-order valence-corrected chi connectivity index (χ4v) is 6.01. The van der Waals surface area contributed by atoms with E-state index in [-0.39, 0.29) is 11.6 Å². The Hall–Kier alpha value is -3.49. The highest BCUT2D eigenvalue weighted by atomic mass is 19.1. The number of aliphatic hydroxyl groups is 1. The number of carboxylic acids is 1. The summed E-state index contributed by atoms with van der Waals surface area (Å²) in [6, 6.07) is 13.1. The van der Waals surface area contributed by atoms with Gasteiger partial charge in [-0.25, -0.2) is 9.37 Å². The summed E-state index contributed by atoms with van der Waals surface area (Å²) in [5.41, 5.74) is 4.91. The summed E-state index contributed by atoms with van der Waals surface area (Å²) in [5.74, 6) is -1.39. The van der Waals surface area contributed by atoms with Crippen molar-refractivity contribution in [2.75, 3.05) is 13.7 Å². The number of ether oxygens (including phenoxy) is 2. The van der Waals surface area contributed by atoms with Crippen LogP contribution in [0.2, 0.25) is 0 Å². The zero-order chi connectivity index (χ0) is 29.3. The zero-order valence-corrected chi connectivity index (χ0v) is 24.2. The average Bonchev–Trinajstić information content (AvgIpc) is 2.97. The molecule has 0 bridgehead atoms. The Morgan fingerprint density at radius 2 is 2.02 bits per heavy atom. The van der Waals surface area contributed by atoms with Gasteiger partial charge in [0.15, 0.2) is 0 Å². The van der Waals surface area contributed by atoms with E-state index in [2.05, 4.69) is 29.8 Å². The molecule has 2 aliphatic heterocycles. The normalized spacial score (nSPS) is 20.0. The minimum Gasteiger partial charge on any atom is -0.485 e. The van der Waals surface area contributed by atoms with E-state index in [1.54, 1.807) is 18.2 Å². The number of halogens is 1. The average molecular weight is 563 g/mol. The summed E-state index contributed by atoms with van der Waals surface area (Å²) in [5, 5.41) is 20.0. The van der Waals surface area contributed by atoms with Crippen LogP contribution in [0.25, 0.3) is 11.1 Å². The molecule has 0 radical (unpaired) electrons. The Labute approximate surface area is 240 Å². The molecular formula is C33H39FN2O5. The molecule has 2 aromatic carbocycles. The number of benzene rings is 2. The zero-order valence-electron chi connectivity index (χ0n) is 24.2. The van der Waals surface area contributed by atoms with E-state index in [4.69, 9.17) is 9.47 Å². The smallest absolute Gasteiger partial charge is 0.309 e. The first-order valence-corrected chi connectivity index (χ1v) is 14.4. The first-order valence-electron chi connectivity index (χ1n) is 14.4. The van der Waals surface area contributed by atoms with E-state index in [0.717, 1.165) is 54.5 Å². The van der Waals surface area contributed by atoms with Gasteiger partial charge in [0.1, 0.15) is 17.7 Å². The maximum Gasteiger partial charge on any atom is 0.309 e. The van der Waals surface area contributed by atoms with Crippen LogP contribution in [0.15, 0.2) is 48.7 Å². The Balaban J connectivity index is 1.51. The standard InChI is InChI=1S/C33H39FN2O5/c1-20(32(38)39)31(37)23-8-7-21-10-12-28(41-29(21)16-23)25-11-9-22(26-17-30(40-4)35-18-27(26)34)15-24(25)19-36-14-6-5-13-33(36,2)3/h7-9,11,15-18,20,28,31,37H,5-6,10,12-14,19H2,1-4H3,(H,38,39)/t20-,28?,31+/m0/s1. The van der Waals surface area contributed by atoms with Crippen LogP contribution in [0.3, 0.4) is 0 Å². The molecule has 1 aromatic heterocycles. The van der Waals surface area contributed by atoms with E-state index in [9.17, 15) is 19.4 Å². The van der Waals surface area contributed by atoms with Crippen molar-refractivity contribution in [1.29, 1.82) is 0 Å². The largest absolute Gasteiger partial charge is 0.485 e. The molecule has 8 heteroatoms. The quantitative estimate of drug-likeness (QED) is 0.325. The van der Waals surface area contributed by atoms with Crippen LogP contribution >= 0.6 is 0 Å². The SMILES string of the molecule is COc1cc(-c2ccc(C3CCc4ccc([C@H](O)[C@H](C)C(=O)O)cc4O3)c(CN3CCCCC3(C)C)c2)c(F)cn1. The van der Waals surface area contributed by atoms with Gasteiger partial charge < -0.3 is 19.7 Å². The topological polar surface area (TPSA) is 92.1 Å². The van der Waals surface area contributed by atoms with E-state index >= 15 is 0 Å². The van der Waals surface area contributed by atoms with Gasteiger partial charge in [-0.2, -0.15) is 0 Å². The number of piperidine rings is 1. The molecule has 5 rings (SSSR count). The lowest BCUT2D eigenvalue weighted by Crippen LogP contribution is -2.46. The molecule has 1 fully saturated rings.